The van der Waals surface area contributed by atoms with E-state index in [1.807, 2.05) is 29.6 Å². The Balaban J connectivity index is 1.81. The summed E-state index contributed by atoms with van der Waals surface area (Å²) in [5, 5.41) is 8.20. The molecule has 1 aromatic carbocycles. The first-order chi connectivity index (χ1) is 10.7. The summed E-state index contributed by atoms with van der Waals surface area (Å²) >= 11 is 3.16. The number of hydrogen-bond donors (Lipinski definition) is 3. The number of para-hydroxylation sites is 1. The van der Waals surface area contributed by atoms with Crippen molar-refractivity contribution in [2.45, 2.75) is 24.7 Å². The highest BCUT2D eigenvalue weighted by molar-refractivity contribution is 7.99. The van der Waals surface area contributed by atoms with Gasteiger partial charge in [0.1, 0.15) is 0 Å². The second-order valence-corrected chi connectivity index (χ2v) is 6.68. The lowest BCUT2D eigenvalue weighted by Gasteiger charge is -2.11. The molecule has 7 heteroatoms. The normalized spacial score (nSPS) is 10.4. The average molecular weight is 336 g/mol. The van der Waals surface area contributed by atoms with Crippen LogP contribution in [0.25, 0.3) is 0 Å². The average Bonchev–Trinajstić information content (AvgIpc) is 2.92. The first kappa shape index (κ1) is 16.6. The lowest BCUT2D eigenvalue weighted by atomic mass is 10.3. The molecule has 0 aliphatic carbocycles. The molecule has 0 radical (unpaired) electrons. The van der Waals surface area contributed by atoms with Crippen LogP contribution in [-0.2, 0) is 6.42 Å². The molecule has 22 heavy (non-hydrogen) atoms. The molecular formula is C15H20N4OS2. The molecule has 0 fully saturated rings. The van der Waals surface area contributed by atoms with Gasteiger partial charge in [0.2, 0.25) is 0 Å². The van der Waals surface area contributed by atoms with Gasteiger partial charge in [-0.1, -0.05) is 19.1 Å². The Hall–Kier alpha value is -1.73. The van der Waals surface area contributed by atoms with Crippen molar-refractivity contribution in [2.75, 3.05) is 23.3 Å². The Morgan fingerprint density at radius 1 is 1.41 bits per heavy atom. The quantitative estimate of drug-likeness (QED) is 0.675. The van der Waals surface area contributed by atoms with Crippen molar-refractivity contribution < 1.29 is 4.79 Å². The Labute approximate surface area is 138 Å². The highest BCUT2D eigenvalue weighted by atomic mass is 32.2. The topological polar surface area (TPSA) is 80.0 Å². The third-order valence-corrected chi connectivity index (χ3v) is 4.84. The summed E-state index contributed by atoms with van der Waals surface area (Å²) < 4.78 is 0. The first-order valence-corrected chi connectivity index (χ1v) is 9.02. The van der Waals surface area contributed by atoms with Crippen molar-refractivity contribution >= 4 is 39.9 Å². The number of thioether (sulfide) groups is 1. The summed E-state index contributed by atoms with van der Waals surface area (Å²) in [5.41, 5.74) is 7.32. The minimum Gasteiger partial charge on any atom is -0.375 e. The van der Waals surface area contributed by atoms with E-state index in [1.165, 1.54) is 11.3 Å². The van der Waals surface area contributed by atoms with E-state index in [1.54, 1.807) is 11.8 Å². The van der Waals surface area contributed by atoms with Gasteiger partial charge in [-0.15, -0.1) is 23.1 Å². The summed E-state index contributed by atoms with van der Waals surface area (Å²) in [7, 11) is 0. The molecule has 1 aromatic heterocycles. The molecule has 5 nitrogen and oxygen atoms in total. The summed E-state index contributed by atoms with van der Waals surface area (Å²) in [6.07, 6.45) is 1.77. The van der Waals surface area contributed by atoms with Crippen LogP contribution >= 0.6 is 23.1 Å². The maximum Gasteiger partial charge on any atom is 0.319 e. The Morgan fingerprint density at radius 3 is 2.95 bits per heavy atom. The lowest BCUT2D eigenvalue weighted by Crippen LogP contribution is -2.30. The van der Waals surface area contributed by atoms with Gasteiger partial charge in [0, 0.05) is 23.2 Å². The monoisotopic (exact) mass is 336 g/mol. The minimum atomic E-state index is -0.201. The molecule has 0 saturated carbocycles. The van der Waals surface area contributed by atoms with E-state index in [9.17, 15) is 4.79 Å². The van der Waals surface area contributed by atoms with Crippen LogP contribution in [0.1, 0.15) is 19.0 Å². The molecular weight excluding hydrogens is 316 g/mol. The van der Waals surface area contributed by atoms with Crippen molar-refractivity contribution in [3.05, 3.63) is 35.3 Å². The number of rotatable bonds is 7. The number of thiazole rings is 1. The molecule has 0 unspecified atom stereocenters. The number of amides is 2. The number of nitrogens with zero attached hydrogens (tertiary/aromatic N) is 1. The summed E-state index contributed by atoms with van der Waals surface area (Å²) in [6.45, 7) is 2.67. The van der Waals surface area contributed by atoms with Crippen molar-refractivity contribution in [1.29, 1.82) is 0 Å². The van der Waals surface area contributed by atoms with E-state index in [2.05, 4.69) is 22.5 Å². The van der Waals surface area contributed by atoms with Gasteiger partial charge in [-0.05, 0) is 24.3 Å². The van der Waals surface area contributed by atoms with Gasteiger partial charge in [-0.25, -0.2) is 9.78 Å². The molecule has 0 saturated heterocycles. The molecule has 0 aliphatic heterocycles. The number of nitrogens with two attached hydrogens (primary N) is 1. The van der Waals surface area contributed by atoms with Crippen LogP contribution in [0.4, 0.5) is 15.6 Å². The van der Waals surface area contributed by atoms with Crippen LogP contribution in [-0.4, -0.2) is 23.3 Å². The van der Waals surface area contributed by atoms with Crippen molar-refractivity contribution in [1.82, 2.24) is 10.3 Å². The Bertz CT molecular complexity index is 615. The van der Waals surface area contributed by atoms with Crippen molar-refractivity contribution in [3.8, 4) is 0 Å². The van der Waals surface area contributed by atoms with Crippen LogP contribution in [0.3, 0.4) is 0 Å². The minimum absolute atomic E-state index is 0.201. The fourth-order valence-corrected chi connectivity index (χ4v) is 3.29. The number of carbonyl (C=O) groups is 1. The summed E-state index contributed by atoms with van der Waals surface area (Å²) in [5.74, 6) is 1.03. The van der Waals surface area contributed by atoms with Gasteiger partial charge >= 0.3 is 6.03 Å². The molecule has 0 aliphatic rings. The van der Waals surface area contributed by atoms with Gasteiger partial charge in [-0.3, -0.25) is 0 Å². The second kappa shape index (κ2) is 8.65. The second-order valence-electron chi connectivity index (χ2n) is 4.65. The van der Waals surface area contributed by atoms with Crippen LogP contribution in [0, 0.1) is 0 Å². The molecule has 0 atom stereocenters. The number of nitrogen functional groups attached to an aromatic ring is 1. The Morgan fingerprint density at radius 2 is 2.23 bits per heavy atom. The van der Waals surface area contributed by atoms with Crippen molar-refractivity contribution in [3.63, 3.8) is 0 Å². The number of hydrogen-bond acceptors (Lipinski definition) is 5. The molecule has 1 heterocycles. The Kier molecular flexibility index (Phi) is 6.54. The molecule has 2 rings (SSSR count). The number of aromatic nitrogens is 1. The van der Waals surface area contributed by atoms with E-state index in [0.29, 0.717) is 18.1 Å². The number of benzene rings is 1. The molecule has 2 aromatic rings. The van der Waals surface area contributed by atoms with Gasteiger partial charge in [0.15, 0.2) is 5.13 Å². The standard InChI is InChI=1S/C15H20N4OS2/c1-2-9-21-13-6-4-3-5-12(13)19-15(20)17-8-7-11-10-22-14(16)18-11/h3-6,10H,2,7-9H2,1H3,(H2,16,18)(H2,17,19,20). The number of urea groups is 1. The maximum atomic E-state index is 12.0. The zero-order valence-corrected chi connectivity index (χ0v) is 14.1. The third kappa shape index (κ3) is 5.23. The fraction of sp³-hybridized carbons (Fsp3) is 0.333. The van der Waals surface area contributed by atoms with E-state index < -0.39 is 0 Å². The van der Waals surface area contributed by atoms with Gasteiger partial charge in [0.25, 0.3) is 0 Å². The predicted molar refractivity (Wildman–Crippen MR) is 94.7 cm³/mol. The van der Waals surface area contributed by atoms with Gasteiger partial charge in [0.05, 0.1) is 11.4 Å². The molecule has 0 bridgehead atoms. The van der Waals surface area contributed by atoms with Crippen molar-refractivity contribution in [2.24, 2.45) is 0 Å². The number of anilines is 2. The zero-order valence-electron chi connectivity index (χ0n) is 12.5. The predicted octanol–water partition coefficient (Wildman–Crippen LogP) is 3.59. The van der Waals surface area contributed by atoms with Gasteiger partial charge in [-0.2, -0.15) is 0 Å². The molecule has 118 valence electrons. The SMILES string of the molecule is CCCSc1ccccc1NC(=O)NCCc1csc(N)n1. The summed E-state index contributed by atoms with van der Waals surface area (Å²) in [4.78, 5) is 17.2. The van der Waals surface area contributed by atoms with E-state index in [4.69, 9.17) is 5.73 Å². The van der Waals surface area contributed by atoms with Crippen LogP contribution in [0.15, 0.2) is 34.5 Å². The van der Waals surface area contributed by atoms with E-state index in [0.717, 1.165) is 28.5 Å². The highest BCUT2D eigenvalue weighted by Crippen LogP contribution is 2.27. The zero-order chi connectivity index (χ0) is 15.8. The fourth-order valence-electron chi connectivity index (χ4n) is 1.82. The smallest absolute Gasteiger partial charge is 0.319 e. The largest absolute Gasteiger partial charge is 0.375 e. The van der Waals surface area contributed by atoms with Crippen LogP contribution < -0.4 is 16.4 Å². The highest BCUT2D eigenvalue weighted by Gasteiger charge is 2.06. The summed E-state index contributed by atoms with van der Waals surface area (Å²) in [6, 6.07) is 7.64. The maximum absolute atomic E-state index is 12.0. The molecule has 4 N–H and O–H groups in total. The third-order valence-electron chi connectivity index (χ3n) is 2.83. The van der Waals surface area contributed by atoms with E-state index in [-0.39, 0.29) is 6.03 Å². The molecule has 2 amide bonds. The van der Waals surface area contributed by atoms with E-state index >= 15 is 0 Å². The van der Waals surface area contributed by atoms with Crippen LogP contribution in [0.5, 0.6) is 0 Å². The van der Waals surface area contributed by atoms with Gasteiger partial charge < -0.3 is 16.4 Å². The number of nitrogens with one attached hydrogen (secondary N) is 2. The first-order valence-electron chi connectivity index (χ1n) is 7.15. The number of carbonyl (C=O) groups excluding carboxylic acids is 1. The molecule has 0 spiro atoms. The lowest BCUT2D eigenvalue weighted by molar-refractivity contribution is 0.252. The van der Waals surface area contributed by atoms with Crippen LogP contribution in [0.2, 0.25) is 0 Å².